The van der Waals surface area contributed by atoms with Crippen LogP contribution in [0.5, 0.6) is 0 Å². The van der Waals surface area contributed by atoms with Gasteiger partial charge in [-0.15, -0.1) is 0 Å². The van der Waals surface area contributed by atoms with Gasteiger partial charge >= 0.3 is 0 Å². The average molecular weight is 250 g/mol. The summed E-state index contributed by atoms with van der Waals surface area (Å²) in [5.41, 5.74) is 1.51. The fourth-order valence-electron chi connectivity index (χ4n) is 2.64. The third kappa shape index (κ3) is 4.95. The number of allylic oxidation sites excluding steroid dienone is 2. The minimum Gasteiger partial charge on any atom is -0.306 e. The van der Waals surface area contributed by atoms with Crippen molar-refractivity contribution in [1.29, 1.82) is 0 Å². The molecule has 0 radical (unpaired) electrons. The molecule has 0 saturated carbocycles. The van der Waals surface area contributed by atoms with Gasteiger partial charge in [0.15, 0.2) is 0 Å². The highest BCUT2D eigenvalue weighted by molar-refractivity contribution is 5.23. The molecule has 0 atom stereocenters. The van der Waals surface area contributed by atoms with E-state index in [1.54, 1.807) is 0 Å². The lowest BCUT2D eigenvalue weighted by Gasteiger charge is -2.35. The second-order valence-corrected chi connectivity index (χ2v) is 5.21. The molecule has 0 bridgehead atoms. The number of rotatable bonds is 3. The van der Waals surface area contributed by atoms with Crippen LogP contribution in [0.3, 0.4) is 0 Å². The SMILES string of the molecule is CC.CN1CCC(N(C)CC2=CCCC=C2)CC1. The van der Waals surface area contributed by atoms with Crippen LogP contribution in [-0.4, -0.2) is 49.6 Å². The first kappa shape index (κ1) is 15.5. The molecule has 1 heterocycles. The van der Waals surface area contributed by atoms with E-state index in [2.05, 4.69) is 42.1 Å². The molecule has 104 valence electrons. The topological polar surface area (TPSA) is 6.48 Å². The molecule has 2 aliphatic rings. The molecule has 2 heteroatoms. The summed E-state index contributed by atoms with van der Waals surface area (Å²) in [7, 11) is 4.50. The van der Waals surface area contributed by atoms with Gasteiger partial charge < -0.3 is 4.90 Å². The number of piperidine rings is 1. The van der Waals surface area contributed by atoms with E-state index in [1.807, 2.05) is 13.8 Å². The standard InChI is InChI=1S/C14H24N2.C2H6/c1-15-10-8-14(9-11-15)16(2)12-13-6-4-3-5-7-13;1-2/h4,6-7,14H,3,5,8-12H2,1-2H3;1-2H3. The summed E-state index contributed by atoms with van der Waals surface area (Å²) in [6.07, 6.45) is 12.1. The maximum absolute atomic E-state index is 2.54. The van der Waals surface area contributed by atoms with Gasteiger partial charge in [0.1, 0.15) is 0 Å². The number of hydrogen-bond donors (Lipinski definition) is 0. The first-order valence-corrected chi connectivity index (χ1v) is 7.50. The van der Waals surface area contributed by atoms with Crippen LogP contribution in [0.2, 0.25) is 0 Å². The third-order valence-corrected chi connectivity index (χ3v) is 3.82. The second kappa shape index (κ2) is 8.49. The minimum atomic E-state index is 0.785. The molecule has 1 aliphatic carbocycles. The minimum absolute atomic E-state index is 0.785. The Balaban J connectivity index is 0.000000771. The molecule has 2 rings (SSSR count). The summed E-state index contributed by atoms with van der Waals surface area (Å²) in [4.78, 5) is 4.97. The van der Waals surface area contributed by atoms with Gasteiger partial charge in [-0.1, -0.05) is 32.1 Å². The van der Waals surface area contributed by atoms with Crippen molar-refractivity contribution in [1.82, 2.24) is 9.80 Å². The first-order valence-electron chi connectivity index (χ1n) is 7.50. The molecule has 0 amide bonds. The van der Waals surface area contributed by atoms with Crippen molar-refractivity contribution in [3.05, 3.63) is 23.8 Å². The van der Waals surface area contributed by atoms with Crippen LogP contribution in [-0.2, 0) is 0 Å². The maximum Gasteiger partial charge on any atom is 0.0230 e. The number of nitrogens with zero attached hydrogens (tertiary/aromatic N) is 2. The van der Waals surface area contributed by atoms with Crippen molar-refractivity contribution >= 4 is 0 Å². The molecular weight excluding hydrogens is 220 g/mol. The van der Waals surface area contributed by atoms with Crippen LogP contribution < -0.4 is 0 Å². The van der Waals surface area contributed by atoms with Crippen molar-refractivity contribution in [3.8, 4) is 0 Å². The number of likely N-dealkylation sites (N-methyl/N-ethyl adjacent to an activating group) is 1. The van der Waals surface area contributed by atoms with Crippen molar-refractivity contribution in [2.24, 2.45) is 0 Å². The lowest BCUT2D eigenvalue weighted by Crippen LogP contribution is -2.42. The van der Waals surface area contributed by atoms with Crippen molar-refractivity contribution in [3.63, 3.8) is 0 Å². The Labute approximate surface area is 113 Å². The van der Waals surface area contributed by atoms with Gasteiger partial charge in [-0.3, -0.25) is 4.90 Å². The molecule has 0 aromatic carbocycles. The van der Waals surface area contributed by atoms with E-state index >= 15 is 0 Å². The molecule has 0 aromatic heterocycles. The highest BCUT2D eigenvalue weighted by Gasteiger charge is 2.20. The zero-order valence-corrected chi connectivity index (χ0v) is 12.7. The Bertz CT molecular complexity index is 273. The molecule has 0 spiro atoms. The molecular formula is C16H30N2. The zero-order chi connectivity index (χ0) is 13.4. The highest BCUT2D eigenvalue weighted by Crippen LogP contribution is 2.17. The van der Waals surface area contributed by atoms with Gasteiger partial charge in [-0.25, -0.2) is 0 Å². The Kier molecular flexibility index (Phi) is 7.29. The Hall–Kier alpha value is -0.600. The number of hydrogen-bond acceptors (Lipinski definition) is 2. The van der Waals surface area contributed by atoms with Crippen molar-refractivity contribution < 1.29 is 0 Å². The largest absolute Gasteiger partial charge is 0.306 e. The molecule has 0 N–H and O–H groups in total. The molecule has 1 saturated heterocycles. The van der Waals surface area contributed by atoms with Crippen molar-refractivity contribution in [2.75, 3.05) is 33.7 Å². The lowest BCUT2D eigenvalue weighted by molar-refractivity contribution is 0.153. The van der Waals surface area contributed by atoms with E-state index in [9.17, 15) is 0 Å². The van der Waals surface area contributed by atoms with Crippen LogP contribution in [0.4, 0.5) is 0 Å². The summed E-state index contributed by atoms with van der Waals surface area (Å²) in [6.45, 7) is 7.64. The third-order valence-electron chi connectivity index (χ3n) is 3.82. The molecule has 1 aliphatic heterocycles. The maximum atomic E-state index is 2.54. The average Bonchev–Trinajstić information content (AvgIpc) is 2.43. The zero-order valence-electron chi connectivity index (χ0n) is 12.7. The molecule has 1 fully saturated rings. The summed E-state index contributed by atoms with van der Waals surface area (Å²) in [6, 6.07) is 0.785. The van der Waals surface area contributed by atoms with E-state index in [4.69, 9.17) is 0 Å². The molecule has 0 unspecified atom stereocenters. The first-order chi connectivity index (χ1) is 8.75. The highest BCUT2D eigenvalue weighted by atomic mass is 15.2. The monoisotopic (exact) mass is 250 g/mol. The van der Waals surface area contributed by atoms with Gasteiger partial charge in [0.05, 0.1) is 0 Å². The fourth-order valence-corrected chi connectivity index (χ4v) is 2.64. The molecule has 0 aromatic rings. The van der Waals surface area contributed by atoms with E-state index < -0.39 is 0 Å². The smallest absolute Gasteiger partial charge is 0.0230 e. The van der Waals surface area contributed by atoms with Gasteiger partial charge in [0, 0.05) is 12.6 Å². The van der Waals surface area contributed by atoms with Crippen LogP contribution in [0.15, 0.2) is 23.8 Å². The van der Waals surface area contributed by atoms with Gasteiger partial charge in [-0.2, -0.15) is 0 Å². The van der Waals surface area contributed by atoms with Gasteiger partial charge in [0.2, 0.25) is 0 Å². The van der Waals surface area contributed by atoms with E-state index in [0.29, 0.717) is 0 Å². The summed E-state index contributed by atoms with van der Waals surface area (Å²) < 4.78 is 0. The second-order valence-electron chi connectivity index (χ2n) is 5.21. The van der Waals surface area contributed by atoms with Crippen LogP contribution in [0, 0.1) is 0 Å². The number of likely N-dealkylation sites (tertiary alicyclic amines) is 1. The van der Waals surface area contributed by atoms with E-state index in [0.717, 1.165) is 12.6 Å². The summed E-state index contributed by atoms with van der Waals surface area (Å²) in [5.74, 6) is 0. The summed E-state index contributed by atoms with van der Waals surface area (Å²) >= 11 is 0. The molecule has 2 nitrogen and oxygen atoms in total. The molecule has 18 heavy (non-hydrogen) atoms. The quantitative estimate of drug-likeness (QED) is 0.758. The van der Waals surface area contributed by atoms with E-state index in [1.165, 1.54) is 44.3 Å². The normalized spacial score (nSPS) is 21.5. The Morgan fingerprint density at radius 1 is 1.22 bits per heavy atom. The van der Waals surface area contributed by atoms with Gasteiger partial charge in [-0.05, 0) is 58.4 Å². The Morgan fingerprint density at radius 2 is 1.89 bits per heavy atom. The predicted molar refractivity (Wildman–Crippen MR) is 81.0 cm³/mol. The van der Waals surface area contributed by atoms with Crippen LogP contribution >= 0.6 is 0 Å². The van der Waals surface area contributed by atoms with Crippen LogP contribution in [0.25, 0.3) is 0 Å². The van der Waals surface area contributed by atoms with E-state index in [-0.39, 0.29) is 0 Å². The van der Waals surface area contributed by atoms with Crippen LogP contribution in [0.1, 0.15) is 39.5 Å². The lowest BCUT2D eigenvalue weighted by atomic mass is 10.0. The fraction of sp³-hybridized carbons (Fsp3) is 0.750. The van der Waals surface area contributed by atoms with Crippen molar-refractivity contribution in [2.45, 2.75) is 45.6 Å². The summed E-state index contributed by atoms with van der Waals surface area (Å²) in [5, 5.41) is 0. The predicted octanol–water partition coefficient (Wildman–Crippen LogP) is 3.32. The van der Waals surface area contributed by atoms with Gasteiger partial charge in [0.25, 0.3) is 0 Å². The Morgan fingerprint density at radius 3 is 2.44 bits per heavy atom.